The molecule has 1 aromatic rings. The van der Waals surface area contributed by atoms with Crippen molar-refractivity contribution in [3.63, 3.8) is 0 Å². The van der Waals surface area contributed by atoms with E-state index in [-0.39, 0.29) is 18.4 Å². The van der Waals surface area contributed by atoms with E-state index in [1.165, 1.54) is 13.2 Å². The molecule has 0 aliphatic heterocycles. The van der Waals surface area contributed by atoms with Gasteiger partial charge in [-0.1, -0.05) is 0 Å². The van der Waals surface area contributed by atoms with E-state index < -0.39 is 6.61 Å². The topological polar surface area (TPSA) is 64.1 Å². The van der Waals surface area contributed by atoms with E-state index in [1.807, 2.05) is 20.8 Å². The van der Waals surface area contributed by atoms with Crippen LogP contribution in [0.25, 0.3) is 0 Å². The molecule has 0 aliphatic rings. The molecule has 0 saturated carbocycles. The number of halogens is 2. The highest BCUT2D eigenvalue weighted by molar-refractivity contribution is 5.79. The van der Waals surface area contributed by atoms with Crippen LogP contribution in [0.4, 0.5) is 8.78 Å². The summed E-state index contributed by atoms with van der Waals surface area (Å²) in [5, 5.41) is 6.31. The van der Waals surface area contributed by atoms with Gasteiger partial charge in [-0.2, -0.15) is 8.78 Å². The van der Waals surface area contributed by atoms with Crippen molar-refractivity contribution >= 4 is 5.96 Å². The van der Waals surface area contributed by atoms with Crippen molar-refractivity contribution in [2.75, 3.05) is 26.8 Å². The number of rotatable bonds is 11. The van der Waals surface area contributed by atoms with Crippen LogP contribution in [0.15, 0.2) is 23.2 Å². The second-order valence-corrected chi connectivity index (χ2v) is 5.75. The lowest BCUT2D eigenvalue weighted by molar-refractivity contribution is -0.0504. The van der Waals surface area contributed by atoms with Crippen molar-refractivity contribution in [3.05, 3.63) is 23.8 Å². The highest BCUT2D eigenvalue weighted by Gasteiger charge is 2.11. The first-order valence-electron chi connectivity index (χ1n) is 8.71. The Morgan fingerprint density at radius 2 is 2.00 bits per heavy atom. The average Bonchev–Trinajstić information content (AvgIpc) is 2.59. The molecule has 0 spiro atoms. The summed E-state index contributed by atoms with van der Waals surface area (Å²) < 4.78 is 40.3. The van der Waals surface area contributed by atoms with Gasteiger partial charge in [-0.25, -0.2) is 4.99 Å². The molecular weight excluding hydrogens is 344 g/mol. The van der Waals surface area contributed by atoms with E-state index in [0.717, 1.165) is 6.42 Å². The Balaban J connectivity index is 2.71. The molecule has 26 heavy (non-hydrogen) atoms. The summed E-state index contributed by atoms with van der Waals surface area (Å²) in [6, 6.07) is 4.67. The first kappa shape index (κ1) is 22.0. The fourth-order valence-electron chi connectivity index (χ4n) is 2.12. The number of nitrogens with one attached hydrogen (secondary N) is 2. The zero-order valence-electron chi connectivity index (χ0n) is 15.9. The van der Waals surface area contributed by atoms with Crippen LogP contribution in [0.3, 0.4) is 0 Å². The number of hydrogen-bond donors (Lipinski definition) is 2. The number of nitrogens with zero attached hydrogens (tertiary/aromatic N) is 1. The lowest BCUT2D eigenvalue weighted by Gasteiger charge is -2.14. The Hall–Kier alpha value is -2.09. The minimum absolute atomic E-state index is 0.0886. The quantitative estimate of drug-likeness (QED) is 0.354. The fourth-order valence-corrected chi connectivity index (χ4v) is 2.12. The SMILES string of the molecule is CCNC(=NCc1cc(OC)ccc1OC(F)F)NCCCOC(C)C. The van der Waals surface area contributed by atoms with Crippen LogP contribution < -0.4 is 20.1 Å². The summed E-state index contributed by atoms with van der Waals surface area (Å²) in [5.74, 6) is 1.24. The summed E-state index contributed by atoms with van der Waals surface area (Å²) in [6.07, 6.45) is 1.04. The van der Waals surface area contributed by atoms with Crippen LogP contribution in [-0.4, -0.2) is 45.5 Å². The summed E-state index contributed by atoms with van der Waals surface area (Å²) in [6.45, 7) is 5.26. The van der Waals surface area contributed by atoms with E-state index >= 15 is 0 Å². The average molecular weight is 373 g/mol. The van der Waals surface area contributed by atoms with Crippen LogP contribution in [-0.2, 0) is 11.3 Å². The zero-order valence-corrected chi connectivity index (χ0v) is 15.9. The molecule has 148 valence electrons. The molecule has 2 N–H and O–H groups in total. The molecule has 0 radical (unpaired) electrons. The molecule has 0 aromatic heterocycles. The number of benzene rings is 1. The number of methoxy groups -OCH3 is 1. The number of guanidine groups is 1. The third-order valence-corrected chi connectivity index (χ3v) is 3.30. The fraction of sp³-hybridized carbons (Fsp3) is 0.611. The second kappa shape index (κ2) is 12.3. The van der Waals surface area contributed by atoms with Gasteiger partial charge in [0.2, 0.25) is 0 Å². The molecule has 0 bridgehead atoms. The van der Waals surface area contributed by atoms with Crippen LogP contribution >= 0.6 is 0 Å². The smallest absolute Gasteiger partial charge is 0.387 e. The van der Waals surface area contributed by atoms with E-state index in [9.17, 15) is 8.78 Å². The molecule has 6 nitrogen and oxygen atoms in total. The molecule has 0 unspecified atom stereocenters. The second-order valence-electron chi connectivity index (χ2n) is 5.75. The normalized spacial score (nSPS) is 11.8. The van der Waals surface area contributed by atoms with Crippen LogP contribution in [0.1, 0.15) is 32.8 Å². The van der Waals surface area contributed by atoms with E-state index in [2.05, 4.69) is 20.4 Å². The standard InChI is InChI=1S/C18H29F2N3O3/c1-5-21-18(22-9-6-10-25-13(2)3)23-12-14-11-15(24-4)7-8-16(14)26-17(19)20/h7-8,11,13,17H,5-6,9-10,12H2,1-4H3,(H2,21,22,23). The summed E-state index contributed by atoms with van der Waals surface area (Å²) in [4.78, 5) is 4.43. The summed E-state index contributed by atoms with van der Waals surface area (Å²) in [5.41, 5.74) is 0.519. The van der Waals surface area contributed by atoms with Crippen molar-refractivity contribution in [1.82, 2.24) is 10.6 Å². The maximum atomic E-state index is 12.6. The maximum Gasteiger partial charge on any atom is 0.387 e. The highest BCUT2D eigenvalue weighted by Crippen LogP contribution is 2.26. The van der Waals surface area contributed by atoms with Gasteiger partial charge in [-0.05, 0) is 45.4 Å². The van der Waals surface area contributed by atoms with Crippen LogP contribution in [0.5, 0.6) is 11.5 Å². The highest BCUT2D eigenvalue weighted by atomic mass is 19.3. The Bertz CT molecular complexity index is 554. The summed E-state index contributed by atoms with van der Waals surface area (Å²) in [7, 11) is 1.51. The minimum atomic E-state index is -2.89. The number of alkyl halides is 2. The van der Waals surface area contributed by atoms with E-state index in [0.29, 0.717) is 37.0 Å². The molecule has 0 atom stereocenters. The van der Waals surface area contributed by atoms with Gasteiger partial charge < -0.3 is 24.8 Å². The maximum absolute atomic E-state index is 12.6. The third-order valence-electron chi connectivity index (χ3n) is 3.30. The predicted octanol–water partition coefficient (Wildman–Crippen LogP) is 3.17. The van der Waals surface area contributed by atoms with Crippen molar-refractivity contribution in [3.8, 4) is 11.5 Å². The number of hydrogen-bond acceptors (Lipinski definition) is 4. The monoisotopic (exact) mass is 373 g/mol. The van der Waals surface area contributed by atoms with Gasteiger partial charge in [0.1, 0.15) is 11.5 Å². The largest absolute Gasteiger partial charge is 0.497 e. The van der Waals surface area contributed by atoms with E-state index in [4.69, 9.17) is 9.47 Å². The third kappa shape index (κ3) is 8.84. The van der Waals surface area contributed by atoms with Gasteiger partial charge in [-0.15, -0.1) is 0 Å². The lowest BCUT2D eigenvalue weighted by Crippen LogP contribution is -2.38. The van der Waals surface area contributed by atoms with Gasteiger partial charge >= 0.3 is 6.61 Å². The van der Waals surface area contributed by atoms with Crippen LogP contribution in [0.2, 0.25) is 0 Å². The Kier molecular flexibility index (Phi) is 10.4. The molecule has 0 aliphatic carbocycles. The molecule has 0 heterocycles. The number of ether oxygens (including phenoxy) is 3. The van der Waals surface area contributed by atoms with Crippen molar-refractivity contribution < 1.29 is 23.0 Å². The molecule has 1 rings (SSSR count). The first-order chi connectivity index (χ1) is 12.5. The lowest BCUT2D eigenvalue weighted by atomic mass is 10.2. The Labute approximate surface area is 153 Å². The van der Waals surface area contributed by atoms with E-state index in [1.54, 1.807) is 12.1 Å². The van der Waals surface area contributed by atoms with Gasteiger partial charge in [0.15, 0.2) is 5.96 Å². The Morgan fingerprint density at radius 1 is 1.23 bits per heavy atom. The van der Waals surface area contributed by atoms with Gasteiger partial charge in [0, 0.05) is 25.3 Å². The van der Waals surface area contributed by atoms with Gasteiger partial charge in [0.25, 0.3) is 0 Å². The molecule has 0 amide bonds. The molecular formula is C18H29F2N3O3. The molecule has 0 fully saturated rings. The molecule has 8 heteroatoms. The van der Waals surface area contributed by atoms with Crippen molar-refractivity contribution in [2.24, 2.45) is 4.99 Å². The predicted molar refractivity (Wildman–Crippen MR) is 98.1 cm³/mol. The van der Waals surface area contributed by atoms with Gasteiger partial charge in [0.05, 0.1) is 19.8 Å². The minimum Gasteiger partial charge on any atom is -0.497 e. The zero-order chi connectivity index (χ0) is 19.4. The van der Waals surface area contributed by atoms with Crippen LogP contribution in [0, 0.1) is 0 Å². The van der Waals surface area contributed by atoms with Gasteiger partial charge in [-0.3, -0.25) is 0 Å². The number of aliphatic imine (C=N–C) groups is 1. The van der Waals surface area contributed by atoms with Crippen molar-refractivity contribution in [2.45, 2.75) is 46.5 Å². The Morgan fingerprint density at radius 3 is 2.62 bits per heavy atom. The first-order valence-corrected chi connectivity index (χ1v) is 8.71. The summed E-state index contributed by atoms with van der Waals surface area (Å²) >= 11 is 0. The van der Waals surface area contributed by atoms with Crippen molar-refractivity contribution in [1.29, 1.82) is 0 Å². The molecule has 1 aromatic carbocycles. The molecule has 0 saturated heterocycles.